The summed E-state index contributed by atoms with van der Waals surface area (Å²) in [6, 6.07) is 12.3. The van der Waals surface area contributed by atoms with Crippen molar-refractivity contribution in [2.45, 2.75) is 13.5 Å². The Morgan fingerprint density at radius 3 is 2.68 bits per heavy atom. The predicted molar refractivity (Wildman–Crippen MR) is 96.0 cm³/mol. The Labute approximate surface area is 146 Å². The third-order valence-electron chi connectivity index (χ3n) is 4.64. The zero-order valence-electron chi connectivity index (χ0n) is 14.6. The van der Waals surface area contributed by atoms with Gasteiger partial charge in [0.1, 0.15) is 11.6 Å². The molecular weight excluding hydrogens is 316 g/mol. The van der Waals surface area contributed by atoms with Crippen molar-refractivity contribution in [3.63, 3.8) is 0 Å². The Hall–Kier alpha value is -2.67. The lowest BCUT2D eigenvalue weighted by Crippen LogP contribution is -2.46. The van der Waals surface area contributed by atoms with Crippen LogP contribution >= 0.6 is 0 Å². The minimum Gasteiger partial charge on any atom is -0.497 e. The maximum atomic E-state index is 5.31. The molecule has 1 aliphatic heterocycles. The number of nitrogens with zero attached hydrogens (tertiary/aromatic N) is 6. The normalized spacial score (nSPS) is 15.7. The zero-order valence-corrected chi connectivity index (χ0v) is 14.6. The van der Waals surface area contributed by atoms with E-state index in [1.54, 1.807) is 11.6 Å². The molecule has 2 aromatic heterocycles. The summed E-state index contributed by atoms with van der Waals surface area (Å²) in [7, 11) is 1.71. The molecule has 0 saturated carbocycles. The molecule has 0 spiro atoms. The summed E-state index contributed by atoms with van der Waals surface area (Å²) in [6.45, 7) is 6.81. The van der Waals surface area contributed by atoms with E-state index < -0.39 is 0 Å². The second-order valence-electron chi connectivity index (χ2n) is 6.32. The monoisotopic (exact) mass is 338 g/mol. The van der Waals surface area contributed by atoms with E-state index in [4.69, 9.17) is 4.74 Å². The number of piperazine rings is 1. The van der Waals surface area contributed by atoms with Gasteiger partial charge in [-0.15, -0.1) is 15.3 Å². The molecule has 7 heteroatoms. The quantitative estimate of drug-likeness (QED) is 0.722. The standard InChI is InChI=1S/C18H22N6O/c1-14-19-20-17-6-7-18(21-24(14)17)23-10-8-22(9-11-23)13-15-4-3-5-16(12-15)25-2/h3-7,12H,8-11,13H2,1-2H3. The Morgan fingerprint density at radius 1 is 1.04 bits per heavy atom. The van der Waals surface area contributed by atoms with Crippen molar-refractivity contribution in [2.24, 2.45) is 0 Å². The van der Waals surface area contributed by atoms with Gasteiger partial charge in [-0.25, -0.2) is 0 Å². The minimum absolute atomic E-state index is 0.790. The van der Waals surface area contributed by atoms with Crippen LogP contribution in [-0.4, -0.2) is 58.0 Å². The highest BCUT2D eigenvalue weighted by atomic mass is 16.5. The van der Waals surface area contributed by atoms with Crippen molar-refractivity contribution >= 4 is 11.5 Å². The molecule has 130 valence electrons. The van der Waals surface area contributed by atoms with E-state index in [0.29, 0.717) is 0 Å². The Kier molecular flexibility index (Phi) is 4.23. The molecule has 1 saturated heterocycles. The van der Waals surface area contributed by atoms with Crippen molar-refractivity contribution in [2.75, 3.05) is 38.2 Å². The lowest BCUT2D eigenvalue weighted by atomic mass is 10.2. The van der Waals surface area contributed by atoms with E-state index in [9.17, 15) is 0 Å². The summed E-state index contributed by atoms with van der Waals surface area (Å²) >= 11 is 0. The highest BCUT2D eigenvalue weighted by Crippen LogP contribution is 2.18. The van der Waals surface area contributed by atoms with E-state index in [1.165, 1.54) is 5.56 Å². The number of anilines is 1. The van der Waals surface area contributed by atoms with Gasteiger partial charge in [0.2, 0.25) is 0 Å². The molecule has 1 aromatic carbocycles. The maximum Gasteiger partial charge on any atom is 0.178 e. The summed E-state index contributed by atoms with van der Waals surface area (Å²) < 4.78 is 7.11. The highest BCUT2D eigenvalue weighted by molar-refractivity contribution is 5.46. The smallest absolute Gasteiger partial charge is 0.178 e. The van der Waals surface area contributed by atoms with Gasteiger partial charge in [-0.1, -0.05) is 12.1 Å². The van der Waals surface area contributed by atoms with Crippen LogP contribution in [0.25, 0.3) is 5.65 Å². The predicted octanol–water partition coefficient (Wildman–Crippen LogP) is 1.76. The third kappa shape index (κ3) is 3.28. The van der Waals surface area contributed by atoms with Crippen molar-refractivity contribution in [3.8, 4) is 5.75 Å². The number of fused-ring (bicyclic) bond motifs is 1. The van der Waals surface area contributed by atoms with Crippen LogP contribution in [0.4, 0.5) is 5.82 Å². The number of hydrogen-bond acceptors (Lipinski definition) is 6. The first kappa shape index (κ1) is 15.8. The molecule has 0 aliphatic carbocycles. The van der Waals surface area contributed by atoms with Crippen LogP contribution in [-0.2, 0) is 6.54 Å². The van der Waals surface area contributed by atoms with Crippen LogP contribution in [0.3, 0.4) is 0 Å². The number of rotatable bonds is 4. The molecule has 7 nitrogen and oxygen atoms in total. The Morgan fingerprint density at radius 2 is 1.88 bits per heavy atom. The number of benzene rings is 1. The fraction of sp³-hybridized carbons (Fsp3) is 0.389. The van der Waals surface area contributed by atoms with Crippen LogP contribution in [0, 0.1) is 6.92 Å². The maximum absolute atomic E-state index is 5.31. The van der Waals surface area contributed by atoms with Gasteiger partial charge in [0.15, 0.2) is 11.5 Å². The summed E-state index contributed by atoms with van der Waals surface area (Å²) in [4.78, 5) is 4.79. The lowest BCUT2D eigenvalue weighted by Gasteiger charge is -2.35. The molecular formula is C18H22N6O. The van der Waals surface area contributed by atoms with E-state index in [2.05, 4.69) is 37.2 Å². The number of ether oxygens (including phenoxy) is 1. The Balaban J connectivity index is 1.41. The lowest BCUT2D eigenvalue weighted by molar-refractivity contribution is 0.249. The van der Waals surface area contributed by atoms with Crippen LogP contribution in [0.1, 0.15) is 11.4 Å². The Bertz CT molecular complexity index is 869. The average molecular weight is 338 g/mol. The van der Waals surface area contributed by atoms with Gasteiger partial charge in [0, 0.05) is 32.7 Å². The van der Waals surface area contributed by atoms with Crippen LogP contribution < -0.4 is 9.64 Å². The molecule has 1 fully saturated rings. The van der Waals surface area contributed by atoms with E-state index in [0.717, 1.165) is 55.8 Å². The third-order valence-corrected chi connectivity index (χ3v) is 4.64. The number of aryl methyl sites for hydroxylation is 1. The topological polar surface area (TPSA) is 58.8 Å². The second kappa shape index (κ2) is 6.68. The van der Waals surface area contributed by atoms with Gasteiger partial charge in [-0.3, -0.25) is 4.90 Å². The molecule has 1 aliphatic rings. The van der Waals surface area contributed by atoms with Gasteiger partial charge in [-0.2, -0.15) is 4.52 Å². The zero-order chi connectivity index (χ0) is 17.2. The molecule has 0 N–H and O–H groups in total. The second-order valence-corrected chi connectivity index (χ2v) is 6.32. The van der Waals surface area contributed by atoms with Gasteiger partial charge >= 0.3 is 0 Å². The van der Waals surface area contributed by atoms with Crippen LogP contribution in [0.5, 0.6) is 5.75 Å². The van der Waals surface area contributed by atoms with Crippen molar-refractivity contribution in [3.05, 3.63) is 47.8 Å². The van der Waals surface area contributed by atoms with E-state index in [1.807, 2.05) is 31.2 Å². The first-order chi connectivity index (χ1) is 12.2. The van der Waals surface area contributed by atoms with Crippen LogP contribution in [0.15, 0.2) is 36.4 Å². The van der Waals surface area contributed by atoms with Gasteiger partial charge in [0.05, 0.1) is 7.11 Å². The van der Waals surface area contributed by atoms with Gasteiger partial charge in [0.25, 0.3) is 0 Å². The fourth-order valence-electron chi connectivity index (χ4n) is 3.22. The average Bonchev–Trinajstić information content (AvgIpc) is 3.03. The van der Waals surface area contributed by atoms with Gasteiger partial charge < -0.3 is 9.64 Å². The largest absolute Gasteiger partial charge is 0.497 e. The minimum atomic E-state index is 0.790. The number of hydrogen-bond donors (Lipinski definition) is 0. The molecule has 3 aromatic rings. The van der Waals surface area contributed by atoms with Gasteiger partial charge in [-0.05, 0) is 36.8 Å². The molecule has 25 heavy (non-hydrogen) atoms. The van der Waals surface area contributed by atoms with Crippen molar-refractivity contribution in [1.29, 1.82) is 0 Å². The summed E-state index contributed by atoms with van der Waals surface area (Å²) in [5.74, 6) is 2.71. The molecule has 0 atom stereocenters. The molecule has 0 bridgehead atoms. The van der Waals surface area contributed by atoms with Crippen molar-refractivity contribution in [1.82, 2.24) is 24.7 Å². The highest BCUT2D eigenvalue weighted by Gasteiger charge is 2.19. The van der Waals surface area contributed by atoms with E-state index in [-0.39, 0.29) is 0 Å². The first-order valence-electron chi connectivity index (χ1n) is 8.52. The molecule has 4 rings (SSSR count). The fourth-order valence-corrected chi connectivity index (χ4v) is 3.22. The van der Waals surface area contributed by atoms with Crippen LogP contribution in [0.2, 0.25) is 0 Å². The summed E-state index contributed by atoms with van der Waals surface area (Å²) in [5, 5.41) is 12.8. The van der Waals surface area contributed by atoms with Crippen molar-refractivity contribution < 1.29 is 4.74 Å². The number of methoxy groups -OCH3 is 1. The molecule has 0 unspecified atom stereocenters. The number of aromatic nitrogens is 4. The summed E-state index contributed by atoms with van der Waals surface area (Å²) in [6.07, 6.45) is 0. The SMILES string of the molecule is COc1cccc(CN2CCN(c3ccc4nnc(C)n4n3)CC2)c1. The first-order valence-corrected chi connectivity index (χ1v) is 8.52. The van der Waals surface area contributed by atoms with E-state index >= 15 is 0 Å². The molecule has 0 radical (unpaired) electrons. The molecule has 3 heterocycles. The summed E-state index contributed by atoms with van der Waals surface area (Å²) in [5.41, 5.74) is 2.07. The molecule has 0 amide bonds.